The van der Waals surface area contributed by atoms with E-state index in [2.05, 4.69) is 72.7 Å². The van der Waals surface area contributed by atoms with Gasteiger partial charge < -0.3 is 23.4 Å². The first-order valence-corrected chi connectivity index (χ1v) is 17.1. The van der Waals surface area contributed by atoms with E-state index in [0.717, 1.165) is 0 Å². The number of hydrogen-bond acceptors (Lipinski definition) is 7. The van der Waals surface area contributed by atoms with E-state index in [9.17, 15) is 14.7 Å². The molecule has 1 aromatic rings. The number of methoxy groups -OCH3 is 1. The summed E-state index contributed by atoms with van der Waals surface area (Å²) in [4.78, 5) is 26.6. The van der Waals surface area contributed by atoms with Gasteiger partial charge in [-0.15, -0.1) is 0 Å². The van der Waals surface area contributed by atoms with E-state index in [1.165, 1.54) is 23.9 Å². The molecule has 4 atom stereocenters. The fourth-order valence-corrected chi connectivity index (χ4v) is 5.79. The highest BCUT2D eigenvalue weighted by atomic mass is 28.4. The smallest absolute Gasteiger partial charge is 0.330 e. The maximum atomic E-state index is 12.7. The number of H-pyrrole nitrogens is 1. The molecule has 190 valence electrons. The highest BCUT2D eigenvalue weighted by molar-refractivity contribution is 6.74. The zero-order chi connectivity index (χ0) is 25.6. The molecule has 1 aliphatic rings. The Labute approximate surface area is 198 Å². The Morgan fingerprint density at radius 2 is 1.58 bits per heavy atom. The number of nitrogens with one attached hydrogen (secondary N) is 1. The zero-order valence-corrected chi connectivity index (χ0v) is 23.9. The standard InChI is InChI=1S/C22H42N2O7Si2/c1-20(2,3)32(8,9)30-16-17(31-33(10,11)21(4,5)6)22(27,14-28-7)29-18(16)24-13-12-15(25)23-19(24)26/h12-13,16-18,27H,14H2,1-11H3,(H,23,25,26)/t16?,17?,18-,22+/m1/s1. The van der Waals surface area contributed by atoms with Gasteiger partial charge in [-0.2, -0.15) is 0 Å². The lowest BCUT2D eigenvalue weighted by atomic mass is 10.1. The van der Waals surface area contributed by atoms with Crippen LogP contribution >= 0.6 is 0 Å². The Bertz CT molecular complexity index is 946. The molecule has 1 aromatic heterocycles. The fraction of sp³-hybridized carbons (Fsp3) is 0.818. The van der Waals surface area contributed by atoms with Crippen LogP contribution in [0.25, 0.3) is 0 Å². The van der Waals surface area contributed by atoms with Crippen molar-refractivity contribution in [3.05, 3.63) is 33.1 Å². The Morgan fingerprint density at radius 3 is 2.03 bits per heavy atom. The first kappa shape index (κ1) is 28.2. The first-order valence-electron chi connectivity index (χ1n) is 11.3. The summed E-state index contributed by atoms with van der Waals surface area (Å²) in [5.74, 6) is -1.85. The van der Waals surface area contributed by atoms with Crippen LogP contribution in [0.5, 0.6) is 0 Å². The van der Waals surface area contributed by atoms with Crippen LogP contribution in [0, 0.1) is 0 Å². The summed E-state index contributed by atoms with van der Waals surface area (Å²) < 4.78 is 26.1. The molecule has 1 saturated heterocycles. The molecular weight excluding hydrogens is 460 g/mol. The van der Waals surface area contributed by atoms with Gasteiger partial charge in [0.25, 0.3) is 5.56 Å². The minimum Gasteiger partial charge on any atom is -0.406 e. The van der Waals surface area contributed by atoms with Crippen LogP contribution in [0.15, 0.2) is 21.9 Å². The van der Waals surface area contributed by atoms with Crippen molar-refractivity contribution in [3.8, 4) is 0 Å². The van der Waals surface area contributed by atoms with Crippen LogP contribution in [0.4, 0.5) is 0 Å². The van der Waals surface area contributed by atoms with Crippen molar-refractivity contribution < 1.29 is 23.4 Å². The normalized spacial score (nSPS) is 27.2. The predicted molar refractivity (Wildman–Crippen MR) is 132 cm³/mol. The lowest BCUT2D eigenvalue weighted by molar-refractivity contribution is -0.256. The molecular formula is C22H42N2O7Si2. The van der Waals surface area contributed by atoms with E-state index < -0.39 is 52.1 Å². The van der Waals surface area contributed by atoms with E-state index in [1.807, 2.05) is 0 Å². The molecule has 0 saturated carbocycles. The third-order valence-corrected chi connectivity index (χ3v) is 16.2. The molecule has 0 spiro atoms. The second-order valence-corrected chi connectivity index (χ2v) is 21.5. The van der Waals surface area contributed by atoms with Crippen LogP contribution in [-0.4, -0.2) is 63.0 Å². The van der Waals surface area contributed by atoms with E-state index >= 15 is 0 Å². The molecule has 9 nitrogen and oxygen atoms in total. The molecule has 2 N–H and O–H groups in total. The average Bonchev–Trinajstić information content (AvgIpc) is 2.85. The maximum absolute atomic E-state index is 12.7. The second-order valence-electron chi connectivity index (χ2n) is 11.9. The Kier molecular flexibility index (Phi) is 7.83. The van der Waals surface area contributed by atoms with Gasteiger partial charge in [0.15, 0.2) is 22.9 Å². The van der Waals surface area contributed by atoms with Gasteiger partial charge in [0, 0.05) is 19.4 Å². The number of aromatic nitrogens is 2. The molecule has 0 radical (unpaired) electrons. The van der Waals surface area contributed by atoms with E-state index in [1.54, 1.807) is 0 Å². The Hall–Kier alpha value is -1.09. The molecule has 2 unspecified atom stereocenters. The van der Waals surface area contributed by atoms with Crippen LogP contribution in [0.1, 0.15) is 47.8 Å². The van der Waals surface area contributed by atoms with Crippen molar-refractivity contribution in [2.24, 2.45) is 0 Å². The Balaban J connectivity index is 2.68. The first-order chi connectivity index (χ1) is 14.8. The lowest BCUT2D eigenvalue weighted by Gasteiger charge is -2.45. The van der Waals surface area contributed by atoms with Crippen LogP contribution < -0.4 is 11.2 Å². The van der Waals surface area contributed by atoms with Crippen LogP contribution in [0.2, 0.25) is 36.3 Å². The quantitative estimate of drug-likeness (QED) is 0.551. The molecule has 0 aliphatic carbocycles. The summed E-state index contributed by atoms with van der Waals surface area (Å²) in [6.07, 6.45) is -1.37. The molecule has 2 heterocycles. The van der Waals surface area contributed by atoms with Gasteiger partial charge in [0.05, 0.1) is 0 Å². The van der Waals surface area contributed by atoms with Crippen molar-refractivity contribution in [1.29, 1.82) is 0 Å². The van der Waals surface area contributed by atoms with Gasteiger partial charge in [0.2, 0.25) is 5.79 Å². The van der Waals surface area contributed by atoms with Crippen molar-refractivity contribution in [1.82, 2.24) is 9.55 Å². The molecule has 11 heteroatoms. The van der Waals surface area contributed by atoms with Crippen LogP contribution in [-0.2, 0) is 18.3 Å². The van der Waals surface area contributed by atoms with Crippen molar-refractivity contribution in [2.75, 3.05) is 13.7 Å². The summed E-state index contributed by atoms with van der Waals surface area (Å²) in [6, 6.07) is 1.24. The van der Waals surface area contributed by atoms with Gasteiger partial charge >= 0.3 is 5.69 Å². The summed E-state index contributed by atoms with van der Waals surface area (Å²) in [7, 11) is -3.35. The van der Waals surface area contributed by atoms with Crippen molar-refractivity contribution in [2.45, 2.75) is 102 Å². The molecule has 33 heavy (non-hydrogen) atoms. The van der Waals surface area contributed by atoms with Crippen LogP contribution in [0.3, 0.4) is 0 Å². The summed E-state index contributed by atoms with van der Waals surface area (Å²) in [6.45, 7) is 20.9. The number of aliphatic hydroxyl groups is 1. The summed E-state index contributed by atoms with van der Waals surface area (Å²) in [5, 5.41) is 11.3. The largest absolute Gasteiger partial charge is 0.406 e. The number of aromatic amines is 1. The number of hydrogen-bond donors (Lipinski definition) is 2. The van der Waals surface area contributed by atoms with E-state index in [0.29, 0.717) is 0 Å². The topological polar surface area (TPSA) is 112 Å². The lowest BCUT2D eigenvalue weighted by Crippen LogP contribution is -2.58. The average molecular weight is 503 g/mol. The number of nitrogens with zero attached hydrogens (tertiary/aromatic N) is 1. The maximum Gasteiger partial charge on any atom is 0.330 e. The number of rotatable bonds is 7. The highest BCUT2D eigenvalue weighted by Crippen LogP contribution is 2.47. The summed E-state index contributed by atoms with van der Waals surface area (Å²) in [5.41, 5.74) is -1.17. The molecule has 1 fully saturated rings. The molecule has 0 amide bonds. The minimum atomic E-state index is -2.41. The van der Waals surface area contributed by atoms with E-state index in [-0.39, 0.29) is 16.7 Å². The molecule has 2 rings (SSSR count). The van der Waals surface area contributed by atoms with Gasteiger partial charge in [-0.05, 0) is 36.3 Å². The van der Waals surface area contributed by atoms with Crippen molar-refractivity contribution in [3.63, 3.8) is 0 Å². The third kappa shape index (κ3) is 5.77. The van der Waals surface area contributed by atoms with Gasteiger partial charge in [-0.25, -0.2) is 4.79 Å². The molecule has 0 bridgehead atoms. The third-order valence-electron chi connectivity index (χ3n) is 7.29. The number of ether oxygens (including phenoxy) is 2. The minimum absolute atomic E-state index is 0.142. The zero-order valence-electron chi connectivity index (χ0n) is 21.9. The monoisotopic (exact) mass is 502 g/mol. The predicted octanol–water partition coefficient (Wildman–Crippen LogP) is 3.18. The highest BCUT2D eigenvalue weighted by Gasteiger charge is 2.61. The van der Waals surface area contributed by atoms with Gasteiger partial charge in [-0.1, -0.05) is 41.5 Å². The van der Waals surface area contributed by atoms with Crippen molar-refractivity contribution >= 4 is 16.6 Å². The second kappa shape index (κ2) is 9.17. The fourth-order valence-electron chi connectivity index (χ4n) is 3.21. The Morgan fingerprint density at radius 1 is 1.06 bits per heavy atom. The van der Waals surface area contributed by atoms with Gasteiger partial charge in [0.1, 0.15) is 18.8 Å². The van der Waals surface area contributed by atoms with Gasteiger partial charge in [-0.3, -0.25) is 14.3 Å². The summed E-state index contributed by atoms with van der Waals surface area (Å²) >= 11 is 0. The molecule has 1 aliphatic heterocycles. The SMILES string of the molecule is COC[C@]1(O)O[C@@H](n2ccc(=O)[nH]c2=O)C(O[Si](C)(C)C(C)(C)C)C1O[Si](C)(C)C(C)(C)C. The van der Waals surface area contributed by atoms with E-state index in [4.69, 9.17) is 18.3 Å². The molecule has 0 aromatic carbocycles.